The SMILES string of the molecule is Cc1ccc(CSc2nnc3c(n2)OC(C)Nc2ccccc2-3)cc1. The van der Waals surface area contributed by atoms with Gasteiger partial charge in [0.2, 0.25) is 11.0 Å². The van der Waals surface area contributed by atoms with Gasteiger partial charge in [0.05, 0.1) is 0 Å². The fraction of sp³-hybridized carbons (Fsp3) is 0.211. The third-order valence-electron chi connectivity index (χ3n) is 3.95. The second kappa shape index (κ2) is 6.72. The lowest BCUT2D eigenvalue weighted by molar-refractivity contribution is 0.240. The van der Waals surface area contributed by atoms with Gasteiger partial charge in [-0.2, -0.15) is 4.98 Å². The molecule has 2 aromatic carbocycles. The number of ether oxygens (including phenoxy) is 1. The van der Waals surface area contributed by atoms with E-state index in [9.17, 15) is 0 Å². The zero-order valence-electron chi connectivity index (χ0n) is 14.1. The van der Waals surface area contributed by atoms with Crippen molar-refractivity contribution in [1.82, 2.24) is 15.2 Å². The molecule has 0 spiro atoms. The molecule has 5 nitrogen and oxygen atoms in total. The molecule has 1 unspecified atom stereocenters. The van der Waals surface area contributed by atoms with E-state index in [4.69, 9.17) is 4.74 Å². The van der Waals surface area contributed by atoms with Gasteiger partial charge >= 0.3 is 0 Å². The van der Waals surface area contributed by atoms with E-state index in [1.165, 1.54) is 11.1 Å². The summed E-state index contributed by atoms with van der Waals surface area (Å²) in [7, 11) is 0. The Morgan fingerprint density at radius 1 is 1.08 bits per heavy atom. The Kier molecular flexibility index (Phi) is 4.28. The fourth-order valence-corrected chi connectivity index (χ4v) is 3.41. The Labute approximate surface area is 150 Å². The molecular weight excluding hydrogens is 332 g/mol. The highest BCUT2D eigenvalue weighted by atomic mass is 32.2. The molecule has 1 N–H and O–H groups in total. The first kappa shape index (κ1) is 15.9. The number of benzene rings is 2. The first-order valence-corrected chi connectivity index (χ1v) is 9.13. The summed E-state index contributed by atoms with van der Waals surface area (Å²) < 4.78 is 5.91. The molecule has 0 saturated heterocycles. The molecule has 126 valence electrons. The maximum atomic E-state index is 5.91. The predicted octanol–water partition coefficient (Wildman–Crippen LogP) is 4.29. The third-order valence-corrected chi connectivity index (χ3v) is 4.86. The molecule has 0 bridgehead atoms. The third kappa shape index (κ3) is 3.44. The number of nitrogens with zero attached hydrogens (tertiary/aromatic N) is 3. The van der Waals surface area contributed by atoms with Gasteiger partial charge in [0, 0.05) is 17.0 Å². The summed E-state index contributed by atoms with van der Waals surface area (Å²) in [5, 5.41) is 12.6. The van der Waals surface area contributed by atoms with E-state index in [2.05, 4.69) is 51.7 Å². The van der Waals surface area contributed by atoms with E-state index in [0.29, 0.717) is 16.7 Å². The lowest BCUT2D eigenvalue weighted by atomic mass is 10.1. The second-order valence-electron chi connectivity index (χ2n) is 5.97. The average Bonchev–Trinajstić information content (AvgIpc) is 2.76. The lowest BCUT2D eigenvalue weighted by Crippen LogP contribution is -2.21. The molecule has 1 atom stereocenters. The maximum Gasteiger partial charge on any atom is 0.247 e. The van der Waals surface area contributed by atoms with Crippen molar-refractivity contribution in [3.8, 4) is 17.1 Å². The van der Waals surface area contributed by atoms with Gasteiger partial charge < -0.3 is 10.1 Å². The lowest BCUT2D eigenvalue weighted by Gasteiger charge is -2.13. The smallest absolute Gasteiger partial charge is 0.247 e. The predicted molar refractivity (Wildman–Crippen MR) is 99.7 cm³/mol. The number of aryl methyl sites for hydroxylation is 1. The zero-order chi connectivity index (χ0) is 17.2. The van der Waals surface area contributed by atoms with Gasteiger partial charge in [0.15, 0.2) is 11.9 Å². The summed E-state index contributed by atoms with van der Waals surface area (Å²) in [4.78, 5) is 4.58. The first-order valence-electron chi connectivity index (χ1n) is 8.15. The summed E-state index contributed by atoms with van der Waals surface area (Å²) in [5.41, 5.74) is 5.09. The first-order chi connectivity index (χ1) is 12.2. The number of nitrogens with one attached hydrogen (secondary N) is 1. The van der Waals surface area contributed by atoms with Crippen LogP contribution >= 0.6 is 11.8 Å². The number of thioether (sulfide) groups is 1. The number of anilines is 1. The molecule has 3 aromatic rings. The normalized spacial score (nSPS) is 15.4. The second-order valence-corrected chi connectivity index (χ2v) is 6.91. The molecule has 1 aliphatic rings. The molecule has 2 heterocycles. The molecule has 6 heteroatoms. The number of rotatable bonds is 3. The minimum absolute atomic E-state index is 0.186. The molecule has 0 saturated carbocycles. The van der Waals surface area contributed by atoms with E-state index in [-0.39, 0.29) is 6.23 Å². The van der Waals surface area contributed by atoms with E-state index in [1.807, 2.05) is 31.2 Å². The highest BCUT2D eigenvalue weighted by Gasteiger charge is 2.22. The van der Waals surface area contributed by atoms with Crippen molar-refractivity contribution in [3.05, 3.63) is 59.7 Å². The standard InChI is InChI=1S/C19H18N4OS/c1-12-7-9-14(10-8-12)11-25-19-21-18-17(22-23-19)15-5-3-4-6-16(15)20-13(2)24-18/h3-10,13,20H,11H2,1-2H3. The molecule has 0 aliphatic carbocycles. The van der Waals surface area contributed by atoms with Crippen LogP contribution in [0.5, 0.6) is 5.88 Å². The number of para-hydroxylation sites is 1. The van der Waals surface area contributed by atoms with Crippen LogP contribution in [0.2, 0.25) is 0 Å². The highest BCUT2D eigenvalue weighted by molar-refractivity contribution is 7.98. The van der Waals surface area contributed by atoms with Crippen molar-refractivity contribution in [1.29, 1.82) is 0 Å². The van der Waals surface area contributed by atoms with Crippen LogP contribution in [0, 0.1) is 6.92 Å². The van der Waals surface area contributed by atoms with E-state index in [0.717, 1.165) is 17.0 Å². The van der Waals surface area contributed by atoms with Crippen molar-refractivity contribution in [2.75, 3.05) is 5.32 Å². The van der Waals surface area contributed by atoms with Crippen LogP contribution in [0.15, 0.2) is 53.7 Å². The average molecular weight is 350 g/mol. The van der Waals surface area contributed by atoms with Gasteiger partial charge in [-0.05, 0) is 25.5 Å². The van der Waals surface area contributed by atoms with Crippen LogP contribution in [0.25, 0.3) is 11.3 Å². The van der Waals surface area contributed by atoms with Gasteiger partial charge in [-0.3, -0.25) is 0 Å². The summed E-state index contributed by atoms with van der Waals surface area (Å²) in [6.07, 6.45) is -0.186. The van der Waals surface area contributed by atoms with Crippen LogP contribution < -0.4 is 10.1 Å². The van der Waals surface area contributed by atoms with Gasteiger partial charge in [-0.25, -0.2) is 0 Å². The Balaban J connectivity index is 1.60. The Morgan fingerprint density at radius 3 is 2.72 bits per heavy atom. The molecule has 0 fully saturated rings. The highest BCUT2D eigenvalue weighted by Crippen LogP contribution is 2.36. The van der Waals surface area contributed by atoms with E-state index in [1.54, 1.807) is 11.8 Å². The minimum Gasteiger partial charge on any atom is -0.452 e. The molecule has 25 heavy (non-hydrogen) atoms. The summed E-state index contributed by atoms with van der Waals surface area (Å²) >= 11 is 1.56. The monoisotopic (exact) mass is 350 g/mol. The number of aromatic nitrogens is 3. The van der Waals surface area contributed by atoms with Crippen LogP contribution in [0.1, 0.15) is 18.1 Å². The maximum absolute atomic E-state index is 5.91. The largest absolute Gasteiger partial charge is 0.452 e. The minimum atomic E-state index is -0.186. The summed E-state index contributed by atoms with van der Waals surface area (Å²) in [6, 6.07) is 16.4. The summed E-state index contributed by atoms with van der Waals surface area (Å²) in [5.74, 6) is 1.32. The van der Waals surface area contributed by atoms with Crippen molar-refractivity contribution >= 4 is 17.4 Å². The van der Waals surface area contributed by atoms with Crippen LogP contribution in [-0.4, -0.2) is 21.4 Å². The Hall–Kier alpha value is -2.60. The zero-order valence-corrected chi connectivity index (χ0v) is 14.9. The van der Waals surface area contributed by atoms with E-state index >= 15 is 0 Å². The molecular formula is C19H18N4OS. The Morgan fingerprint density at radius 2 is 1.88 bits per heavy atom. The molecule has 0 amide bonds. The number of hydrogen-bond donors (Lipinski definition) is 1. The van der Waals surface area contributed by atoms with Gasteiger partial charge in [0.1, 0.15) is 0 Å². The quantitative estimate of drug-likeness (QED) is 0.711. The van der Waals surface area contributed by atoms with Crippen LogP contribution in [0.4, 0.5) is 5.69 Å². The van der Waals surface area contributed by atoms with Crippen molar-refractivity contribution in [2.24, 2.45) is 0 Å². The molecule has 1 aromatic heterocycles. The Bertz CT molecular complexity index is 898. The summed E-state index contributed by atoms with van der Waals surface area (Å²) in [6.45, 7) is 4.04. The van der Waals surface area contributed by atoms with Crippen LogP contribution in [0.3, 0.4) is 0 Å². The van der Waals surface area contributed by atoms with Gasteiger partial charge in [0.25, 0.3) is 0 Å². The molecule has 4 rings (SSSR count). The fourth-order valence-electron chi connectivity index (χ4n) is 2.67. The van der Waals surface area contributed by atoms with Crippen molar-refractivity contribution in [2.45, 2.75) is 31.0 Å². The van der Waals surface area contributed by atoms with Crippen molar-refractivity contribution in [3.63, 3.8) is 0 Å². The molecule has 0 radical (unpaired) electrons. The van der Waals surface area contributed by atoms with Crippen LogP contribution in [-0.2, 0) is 5.75 Å². The van der Waals surface area contributed by atoms with Gasteiger partial charge in [-0.1, -0.05) is 59.8 Å². The van der Waals surface area contributed by atoms with Gasteiger partial charge in [-0.15, -0.1) is 10.2 Å². The number of hydrogen-bond acceptors (Lipinski definition) is 6. The molecule has 1 aliphatic heterocycles. The van der Waals surface area contributed by atoms with Crippen molar-refractivity contribution < 1.29 is 4.74 Å². The number of fused-ring (bicyclic) bond motifs is 3. The van der Waals surface area contributed by atoms with E-state index < -0.39 is 0 Å². The topological polar surface area (TPSA) is 59.9 Å².